The van der Waals surface area contributed by atoms with Gasteiger partial charge in [0.15, 0.2) is 0 Å². The molecule has 0 saturated carbocycles. The van der Waals surface area contributed by atoms with Crippen molar-refractivity contribution in [1.29, 1.82) is 0 Å². The second-order valence-electron chi connectivity index (χ2n) is 5.98. The highest BCUT2D eigenvalue weighted by Gasteiger charge is 2.29. The standard InChI is InChI=1S/C20H22O2/c1-2-3-4-7-15-10-12-16(13-11-15)18-14-17-8-5-6-9-19(17)22-20(18)21/h5-6,8-13,18H,2-4,7,14H2,1H3. The lowest BCUT2D eigenvalue weighted by Gasteiger charge is -2.23. The molecule has 22 heavy (non-hydrogen) atoms. The fourth-order valence-electron chi connectivity index (χ4n) is 3.00. The van der Waals surface area contributed by atoms with Gasteiger partial charge in [0.2, 0.25) is 0 Å². The van der Waals surface area contributed by atoms with Gasteiger partial charge in [-0.1, -0.05) is 62.2 Å². The quantitative estimate of drug-likeness (QED) is 0.455. The molecule has 1 aliphatic heterocycles. The van der Waals surface area contributed by atoms with Gasteiger partial charge in [0.25, 0.3) is 0 Å². The first-order valence-corrected chi connectivity index (χ1v) is 8.16. The van der Waals surface area contributed by atoms with Crippen LogP contribution in [-0.4, -0.2) is 5.97 Å². The number of carbonyl (C=O) groups is 1. The van der Waals surface area contributed by atoms with E-state index >= 15 is 0 Å². The van der Waals surface area contributed by atoms with Gasteiger partial charge in [0.1, 0.15) is 5.75 Å². The molecule has 2 nitrogen and oxygen atoms in total. The van der Waals surface area contributed by atoms with E-state index in [4.69, 9.17) is 4.74 Å². The lowest BCUT2D eigenvalue weighted by molar-refractivity contribution is -0.137. The molecule has 1 heterocycles. The summed E-state index contributed by atoms with van der Waals surface area (Å²) in [5, 5.41) is 0. The number of carbonyl (C=O) groups excluding carboxylic acids is 1. The predicted molar refractivity (Wildman–Crippen MR) is 88.2 cm³/mol. The van der Waals surface area contributed by atoms with E-state index in [2.05, 4.69) is 31.2 Å². The highest BCUT2D eigenvalue weighted by Crippen LogP contribution is 2.33. The maximum absolute atomic E-state index is 12.2. The van der Waals surface area contributed by atoms with Gasteiger partial charge in [-0.15, -0.1) is 0 Å². The lowest BCUT2D eigenvalue weighted by Crippen LogP contribution is -2.25. The molecule has 0 fully saturated rings. The number of esters is 1. The third kappa shape index (κ3) is 3.22. The Balaban J connectivity index is 1.73. The molecule has 0 amide bonds. The zero-order valence-corrected chi connectivity index (χ0v) is 13.0. The molecule has 0 N–H and O–H groups in total. The van der Waals surface area contributed by atoms with Crippen LogP contribution in [0.3, 0.4) is 0 Å². The summed E-state index contributed by atoms with van der Waals surface area (Å²) in [6.45, 7) is 2.22. The van der Waals surface area contributed by atoms with E-state index in [0.717, 1.165) is 24.0 Å². The molecule has 2 aromatic carbocycles. The molecule has 2 aromatic rings. The van der Waals surface area contributed by atoms with Crippen LogP contribution >= 0.6 is 0 Å². The SMILES string of the molecule is CCCCCc1ccc(C2Cc3ccccc3OC2=O)cc1. The molecule has 0 bridgehead atoms. The van der Waals surface area contributed by atoms with Gasteiger partial charge >= 0.3 is 5.97 Å². The summed E-state index contributed by atoms with van der Waals surface area (Å²) in [6, 6.07) is 16.3. The van der Waals surface area contributed by atoms with Gasteiger partial charge in [0.05, 0.1) is 5.92 Å². The van der Waals surface area contributed by atoms with Crippen molar-refractivity contribution in [3.8, 4) is 5.75 Å². The van der Waals surface area contributed by atoms with Crippen molar-refractivity contribution in [2.45, 2.75) is 44.9 Å². The third-order valence-electron chi connectivity index (χ3n) is 4.34. The summed E-state index contributed by atoms with van der Waals surface area (Å²) in [7, 11) is 0. The Kier molecular flexibility index (Phi) is 4.57. The molecule has 1 unspecified atom stereocenters. The molecule has 2 heteroatoms. The van der Waals surface area contributed by atoms with Gasteiger partial charge < -0.3 is 4.74 Å². The second kappa shape index (κ2) is 6.78. The number of unbranched alkanes of at least 4 members (excludes halogenated alkanes) is 2. The topological polar surface area (TPSA) is 26.3 Å². The molecule has 0 aromatic heterocycles. The van der Waals surface area contributed by atoms with Crippen LogP contribution in [0.4, 0.5) is 0 Å². The fraction of sp³-hybridized carbons (Fsp3) is 0.350. The molecular formula is C20H22O2. The molecule has 0 spiro atoms. The monoisotopic (exact) mass is 294 g/mol. The van der Waals surface area contributed by atoms with Crippen LogP contribution < -0.4 is 4.74 Å². The number of benzene rings is 2. The fourth-order valence-corrected chi connectivity index (χ4v) is 3.00. The van der Waals surface area contributed by atoms with Crippen molar-refractivity contribution in [2.75, 3.05) is 0 Å². The maximum atomic E-state index is 12.2. The van der Waals surface area contributed by atoms with Crippen LogP contribution in [0.5, 0.6) is 5.75 Å². The zero-order chi connectivity index (χ0) is 15.4. The van der Waals surface area contributed by atoms with Gasteiger partial charge in [-0.25, -0.2) is 0 Å². The first kappa shape index (κ1) is 14.8. The minimum Gasteiger partial charge on any atom is -0.426 e. The molecule has 1 aliphatic rings. The molecule has 114 valence electrons. The first-order valence-electron chi connectivity index (χ1n) is 8.16. The number of aryl methyl sites for hydroxylation is 1. The molecule has 1 atom stereocenters. The average Bonchev–Trinajstić information content (AvgIpc) is 2.55. The lowest BCUT2D eigenvalue weighted by atomic mass is 9.89. The van der Waals surface area contributed by atoms with Crippen LogP contribution in [0.25, 0.3) is 0 Å². The predicted octanol–water partition coefficient (Wildman–Crippen LogP) is 4.66. The van der Waals surface area contributed by atoms with Crippen LogP contribution in [0.1, 0.15) is 48.8 Å². The van der Waals surface area contributed by atoms with E-state index in [1.54, 1.807) is 0 Å². The summed E-state index contributed by atoms with van der Waals surface area (Å²) in [5.74, 6) is 0.386. The van der Waals surface area contributed by atoms with Crippen LogP contribution in [0.2, 0.25) is 0 Å². The zero-order valence-electron chi connectivity index (χ0n) is 13.0. The summed E-state index contributed by atoms with van der Waals surface area (Å²) in [6.07, 6.45) is 5.59. The average molecular weight is 294 g/mol. The Labute approximate surface area is 132 Å². The highest BCUT2D eigenvalue weighted by atomic mass is 16.5. The van der Waals surface area contributed by atoms with E-state index in [1.807, 2.05) is 24.3 Å². The van der Waals surface area contributed by atoms with E-state index < -0.39 is 0 Å². The first-order chi connectivity index (χ1) is 10.8. The van der Waals surface area contributed by atoms with Gasteiger partial charge in [0, 0.05) is 0 Å². The Morgan fingerprint density at radius 2 is 1.82 bits per heavy atom. The smallest absolute Gasteiger partial charge is 0.319 e. The van der Waals surface area contributed by atoms with E-state index in [1.165, 1.54) is 24.8 Å². The second-order valence-corrected chi connectivity index (χ2v) is 5.98. The minimum atomic E-state index is -0.181. The van der Waals surface area contributed by atoms with Crippen molar-refractivity contribution in [3.05, 3.63) is 65.2 Å². The Hall–Kier alpha value is -2.09. The van der Waals surface area contributed by atoms with Crippen LogP contribution in [0.15, 0.2) is 48.5 Å². The largest absolute Gasteiger partial charge is 0.426 e. The Morgan fingerprint density at radius 1 is 1.05 bits per heavy atom. The van der Waals surface area contributed by atoms with Crippen LogP contribution in [0, 0.1) is 0 Å². The molecule has 0 radical (unpaired) electrons. The molecule has 3 rings (SSSR count). The normalized spacial score (nSPS) is 17.0. The molecule has 0 aliphatic carbocycles. The summed E-state index contributed by atoms with van der Waals surface area (Å²) in [5.41, 5.74) is 3.51. The number of fused-ring (bicyclic) bond motifs is 1. The summed E-state index contributed by atoms with van der Waals surface area (Å²) < 4.78 is 5.47. The van der Waals surface area contributed by atoms with Crippen LogP contribution in [-0.2, 0) is 17.6 Å². The maximum Gasteiger partial charge on any atom is 0.319 e. The summed E-state index contributed by atoms with van der Waals surface area (Å²) >= 11 is 0. The highest BCUT2D eigenvalue weighted by molar-refractivity contribution is 5.83. The number of para-hydroxylation sites is 1. The molecular weight excluding hydrogens is 272 g/mol. The summed E-state index contributed by atoms with van der Waals surface area (Å²) in [4.78, 5) is 12.2. The van der Waals surface area contributed by atoms with Gasteiger partial charge in [-0.05, 0) is 42.0 Å². The van der Waals surface area contributed by atoms with Crippen molar-refractivity contribution < 1.29 is 9.53 Å². The number of hydrogen-bond donors (Lipinski definition) is 0. The minimum absolute atomic E-state index is 0.141. The Morgan fingerprint density at radius 3 is 2.59 bits per heavy atom. The van der Waals surface area contributed by atoms with E-state index in [0.29, 0.717) is 5.75 Å². The van der Waals surface area contributed by atoms with E-state index in [9.17, 15) is 4.79 Å². The number of ether oxygens (including phenoxy) is 1. The van der Waals surface area contributed by atoms with Crippen molar-refractivity contribution >= 4 is 5.97 Å². The Bertz CT molecular complexity index is 643. The number of hydrogen-bond acceptors (Lipinski definition) is 2. The van der Waals surface area contributed by atoms with Crippen molar-refractivity contribution in [2.24, 2.45) is 0 Å². The van der Waals surface area contributed by atoms with E-state index in [-0.39, 0.29) is 11.9 Å². The van der Waals surface area contributed by atoms with Crippen molar-refractivity contribution in [1.82, 2.24) is 0 Å². The third-order valence-corrected chi connectivity index (χ3v) is 4.34. The van der Waals surface area contributed by atoms with Gasteiger partial charge in [-0.2, -0.15) is 0 Å². The van der Waals surface area contributed by atoms with Crippen molar-refractivity contribution in [3.63, 3.8) is 0 Å². The number of rotatable bonds is 5. The van der Waals surface area contributed by atoms with Gasteiger partial charge in [-0.3, -0.25) is 4.79 Å². The molecule has 0 saturated heterocycles.